The number of thiophene rings is 1. The van der Waals surface area contributed by atoms with Gasteiger partial charge in [-0.3, -0.25) is 0 Å². The summed E-state index contributed by atoms with van der Waals surface area (Å²) < 4.78 is 8.70. The number of ether oxygens (including phenoxy) is 1. The Balaban J connectivity index is 1.96. The highest BCUT2D eigenvalue weighted by molar-refractivity contribution is 9.10. The Labute approximate surface area is 137 Å². The van der Waals surface area contributed by atoms with Crippen molar-refractivity contribution in [1.29, 1.82) is 0 Å². The molecule has 2 nitrogen and oxygen atoms in total. The van der Waals surface area contributed by atoms with Crippen LogP contribution in [0.15, 0.2) is 33.2 Å². The minimum Gasteiger partial charge on any atom is -0.484 e. The van der Waals surface area contributed by atoms with Gasteiger partial charge in [-0.05, 0) is 34.1 Å². The number of halogens is 3. The van der Waals surface area contributed by atoms with Crippen LogP contribution < -0.4 is 10.5 Å². The number of rotatable bonds is 1. The van der Waals surface area contributed by atoms with E-state index in [0.29, 0.717) is 0 Å². The van der Waals surface area contributed by atoms with Gasteiger partial charge in [0.2, 0.25) is 0 Å². The van der Waals surface area contributed by atoms with Crippen LogP contribution in [-0.2, 0) is 0 Å². The molecule has 19 heavy (non-hydrogen) atoms. The van der Waals surface area contributed by atoms with E-state index in [1.807, 2.05) is 24.3 Å². The molecule has 0 fully saturated rings. The molecule has 100 valence electrons. The number of benzene rings is 1. The first kappa shape index (κ1) is 13.9. The molecule has 0 aliphatic carbocycles. The van der Waals surface area contributed by atoms with Crippen molar-refractivity contribution in [3.8, 4) is 5.75 Å². The van der Waals surface area contributed by atoms with Crippen LogP contribution in [-0.4, -0.2) is 0 Å². The minimum absolute atomic E-state index is 0.0125. The van der Waals surface area contributed by atoms with Crippen molar-refractivity contribution in [3.05, 3.63) is 48.0 Å². The lowest BCUT2D eigenvalue weighted by Crippen LogP contribution is -2.23. The zero-order chi connectivity index (χ0) is 13.6. The topological polar surface area (TPSA) is 35.2 Å². The molecule has 1 unspecified atom stereocenters. The summed E-state index contributed by atoms with van der Waals surface area (Å²) in [7, 11) is 0. The molecule has 1 aromatic heterocycles. The molecule has 0 saturated carbocycles. The zero-order valence-electron chi connectivity index (χ0n) is 9.70. The molecule has 1 aromatic carbocycles. The van der Waals surface area contributed by atoms with Gasteiger partial charge >= 0.3 is 0 Å². The van der Waals surface area contributed by atoms with Gasteiger partial charge in [0.25, 0.3) is 0 Å². The SMILES string of the molecule is N[C@H]1CC(c2cc(Br)c(Cl)s2)Oc2cc(Br)ccc21. The van der Waals surface area contributed by atoms with E-state index >= 15 is 0 Å². The fourth-order valence-corrected chi connectivity index (χ4v) is 4.29. The number of hydrogen-bond donors (Lipinski definition) is 1. The van der Waals surface area contributed by atoms with Crippen LogP contribution in [0.5, 0.6) is 5.75 Å². The average molecular weight is 424 g/mol. The lowest BCUT2D eigenvalue weighted by molar-refractivity contribution is 0.165. The fourth-order valence-electron chi connectivity index (χ4n) is 2.17. The Morgan fingerprint density at radius 3 is 2.79 bits per heavy atom. The fraction of sp³-hybridized carbons (Fsp3) is 0.231. The minimum atomic E-state index is -0.0365. The summed E-state index contributed by atoms with van der Waals surface area (Å²) >= 11 is 14.5. The second-order valence-electron chi connectivity index (χ2n) is 4.40. The van der Waals surface area contributed by atoms with Crippen LogP contribution in [0.2, 0.25) is 4.34 Å². The lowest BCUT2D eigenvalue weighted by atomic mass is 9.97. The molecule has 0 spiro atoms. The molecule has 3 rings (SSSR count). The maximum Gasteiger partial charge on any atom is 0.135 e. The quantitative estimate of drug-likeness (QED) is 0.662. The summed E-state index contributed by atoms with van der Waals surface area (Å²) in [5.74, 6) is 0.846. The first-order valence-electron chi connectivity index (χ1n) is 5.71. The summed E-state index contributed by atoms with van der Waals surface area (Å²) in [4.78, 5) is 1.10. The van der Waals surface area contributed by atoms with Crippen LogP contribution in [0.3, 0.4) is 0 Å². The van der Waals surface area contributed by atoms with E-state index in [1.165, 1.54) is 11.3 Å². The number of fused-ring (bicyclic) bond motifs is 1. The van der Waals surface area contributed by atoms with Gasteiger partial charge in [0.05, 0.1) is 0 Å². The Kier molecular flexibility index (Phi) is 3.93. The molecule has 2 N–H and O–H groups in total. The molecule has 2 atom stereocenters. The van der Waals surface area contributed by atoms with Gasteiger partial charge in [-0.15, -0.1) is 11.3 Å². The normalized spacial score (nSPS) is 21.9. The van der Waals surface area contributed by atoms with Crippen LogP contribution in [0.25, 0.3) is 0 Å². The Morgan fingerprint density at radius 2 is 2.11 bits per heavy atom. The molecule has 1 aliphatic rings. The summed E-state index contributed by atoms with van der Waals surface area (Å²) in [6, 6.07) is 7.96. The second-order valence-corrected chi connectivity index (χ2v) is 7.86. The van der Waals surface area contributed by atoms with Gasteiger partial charge in [-0.1, -0.05) is 33.6 Å². The maximum absolute atomic E-state index is 6.23. The van der Waals surface area contributed by atoms with Gasteiger partial charge in [-0.2, -0.15) is 0 Å². The second kappa shape index (κ2) is 5.37. The molecule has 2 aromatic rings. The van der Waals surface area contributed by atoms with E-state index < -0.39 is 0 Å². The van der Waals surface area contributed by atoms with E-state index in [2.05, 4.69) is 31.9 Å². The van der Waals surface area contributed by atoms with Crippen LogP contribution in [0, 0.1) is 0 Å². The molecule has 0 bridgehead atoms. The zero-order valence-corrected chi connectivity index (χ0v) is 14.4. The smallest absolute Gasteiger partial charge is 0.135 e. The van der Waals surface area contributed by atoms with Crippen molar-refractivity contribution in [2.24, 2.45) is 5.73 Å². The summed E-state index contributed by atoms with van der Waals surface area (Å²) in [5.41, 5.74) is 7.29. The Morgan fingerprint density at radius 1 is 1.32 bits per heavy atom. The lowest BCUT2D eigenvalue weighted by Gasteiger charge is -2.29. The van der Waals surface area contributed by atoms with Crippen molar-refractivity contribution in [3.63, 3.8) is 0 Å². The number of nitrogens with two attached hydrogens (primary N) is 1. The molecule has 2 heterocycles. The molecule has 0 radical (unpaired) electrons. The van der Waals surface area contributed by atoms with Gasteiger partial charge in [0, 0.05) is 31.8 Å². The van der Waals surface area contributed by atoms with Gasteiger partial charge in [-0.25, -0.2) is 0 Å². The standard InChI is InChI=1S/C13H10Br2ClNOS/c14-6-1-2-7-9(17)5-11(18-10(7)3-6)12-4-8(15)13(16)19-12/h1-4,9,11H,5,17H2/t9-,11?/m0/s1. The maximum atomic E-state index is 6.23. The largest absolute Gasteiger partial charge is 0.484 e. The highest BCUT2D eigenvalue weighted by atomic mass is 79.9. The third-order valence-electron chi connectivity index (χ3n) is 3.09. The average Bonchev–Trinajstić information content (AvgIpc) is 2.69. The highest BCUT2D eigenvalue weighted by Gasteiger charge is 2.28. The van der Waals surface area contributed by atoms with E-state index in [4.69, 9.17) is 22.1 Å². The van der Waals surface area contributed by atoms with Crippen molar-refractivity contribution < 1.29 is 4.74 Å². The molecule has 0 amide bonds. The van der Waals surface area contributed by atoms with E-state index in [0.717, 1.165) is 35.9 Å². The summed E-state index contributed by atoms with van der Waals surface area (Å²) in [6.45, 7) is 0. The van der Waals surface area contributed by atoms with E-state index in [9.17, 15) is 0 Å². The van der Waals surface area contributed by atoms with Crippen molar-refractivity contribution >= 4 is 54.8 Å². The Bertz CT molecular complexity index is 612. The third kappa shape index (κ3) is 2.72. The predicted octanol–water partition coefficient (Wildman–Crippen LogP) is 5.45. The summed E-state index contributed by atoms with van der Waals surface area (Å²) in [6.07, 6.45) is 0.725. The highest BCUT2D eigenvalue weighted by Crippen LogP contribution is 2.44. The summed E-state index contributed by atoms with van der Waals surface area (Å²) in [5, 5.41) is 0. The monoisotopic (exact) mass is 421 g/mol. The van der Waals surface area contributed by atoms with E-state index in [-0.39, 0.29) is 12.1 Å². The predicted molar refractivity (Wildman–Crippen MR) is 86.1 cm³/mol. The van der Waals surface area contributed by atoms with Gasteiger partial charge in [0.1, 0.15) is 16.2 Å². The molecular weight excluding hydrogens is 413 g/mol. The van der Waals surface area contributed by atoms with Gasteiger partial charge in [0.15, 0.2) is 0 Å². The van der Waals surface area contributed by atoms with Crippen molar-refractivity contribution in [2.45, 2.75) is 18.6 Å². The molecule has 6 heteroatoms. The first-order chi connectivity index (χ1) is 9.04. The third-order valence-corrected chi connectivity index (χ3v) is 6.15. The van der Waals surface area contributed by atoms with Crippen LogP contribution in [0.4, 0.5) is 0 Å². The van der Waals surface area contributed by atoms with Crippen molar-refractivity contribution in [2.75, 3.05) is 0 Å². The van der Waals surface area contributed by atoms with Crippen LogP contribution >= 0.6 is 54.8 Å². The first-order valence-corrected chi connectivity index (χ1v) is 8.49. The number of hydrogen-bond acceptors (Lipinski definition) is 3. The van der Waals surface area contributed by atoms with Crippen LogP contribution in [0.1, 0.15) is 29.0 Å². The van der Waals surface area contributed by atoms with Gasteiger partial charge < -0.3 is 10.5 Å². The molecule has 0 saturated heterocycles. The molecule has 1 aliphatic heterocycles. The van der Waals surface area contributed by atoms with Crippen molar-refractivity contribution in [1.82, 2.24) is 0 Å². The Hall–Kier alpha value is -0.0700. The molecular formula is C13H10Br2ClNOS. The van der Waals surface area contributed by atoms with E-state index in [1.54, 1.807) is 0 Å².